The number of pyridine rings is 1. The molecular weight excluding hydrogens is 344 g/mol. The van der Waals surface area contributed by atoms with Gasteiger partial charge in [-0.05, 0) is 46.8 Å². The number of methoxy groups -OCH3 is 1. The number of nitrogens with one attached hydrogen (secondary N) is 2. The van der Waals surface area contributed by atoms with Crippen LogP contribution in [-0.2, 0) is 12.1 Å². The van der Waals surface area contributed by atoms with E-state index in [0.29, 0.717) is 24.8 Å². The van der Waals surface area contributed by atoms with E-state index in [2.05, 4.69) is 20.6 Å². The third-order valence-electron chi connectivity index (χ3n) is 4.35. The van der Waals surface area contributed by atoms with E-state index in [0.717, 1.165) is 28.3 Å². The van der Waals surface area contributed by atoms with Crippen molar-refractivity contribution in [1.82, 2.24) is 15.6 Å². The number of rotatable bonds is 7. The Labute approximate surface area is 160 Å². The Morgan fingerprint density at radius 2 is 2.04 bits per heavy atom. The van der Waals surface area contributed by atoms with Gasteiger partial charge in [-0.25, -0.2) is 4.99 Å². The summed E-state index contributed by atoms with van der Waals surface area (Å²) in [5.41, 5.74) is 1.68. The molecular formula is C20H30N4O3. The SMILES string of the molecule is CCNC(=NCc1ncc(C)c(OC)c1C)NCC(C)(O)c1ccc(C)o1. The zero-order valence-electron chi connectivity index (χ0n) is 17.0. The highest BCUT2D eigenvalue weighted by Crippen LogP contribution is 2.24. The average Bonchev–Trinajstić information content (AvgIpc) is 3.06. The minimum Gasteiger partial charge on any atom is -0.496 e. The lowest BCUT2D eigenvalue weighted by molar-refractivity contribution is 0.0378. The molecule has 27 heavy (non-hydrogen) atoms. The van der Waals surface area contributed by atoms with Crippen LogP contribution in [0.4, 0.5) is 0 Å². The van der Waals surface area contributed by atoms with Crippen molar-refractivity contribution in [3.63, 3.8) is 0 Å². The predicted octanol–water partition coefficient (Wildman–Crippen LogP) is 2.57. The molecule has 0 amide bonds. The Morgan fingerprint density at radius 3 is 2.63 bits per heavy atom. The molecule has 0 aliphatic rings. The number of aromatic nitrogens is 1. The number of aliphatic imine (C=N–C) groups is 1. The summed E-state index contributed by atoms with van der Waals surface area (Å²) in [6.45, 7) is 10.9. The van der Waals surface area contributed by atoms with Crippen molar-refractivity contribution >= 4 is 5.96 Å². The normalized spacial score (nSPS) is 14.0. The number of aliphatic hydroxyl groups is 1. The summed E-state index contributed by atoms with van der Waals surface area (Å²) in [5, 5.41) is 17.0. The molecule has 2 aromatic rings. The predicted molar refractivity (Wildman–Crippen MR) is 106 cm³/mol. The van der Waals surface area contributed by atoms with E-state index in [4.69, 9.17) is 9.15 Å². The number of hydrogen-bond donors (Lipinski definition) is 3. The first-order valence-electron chi connectivity index (χ1n) is 9.09. The topological polar surface area (TPSA) is 91.9 Å². The highest BCUT2D eigenvalue weighted by atomic mass is 16.5. The van der Waals surface area contributed by atoms with Gasteiger partial charge in [-0.1, -0.05) is 0 Å². The standard InChI is InChI=1S/C20H30N4O3/c1-7-21-19(24-12-20(5,25)17-9-8-14(3)27-17)23-11-16-15(4)18(26-6)13(2)10-22-16/h8-10,25H,7,11-12H2,1-6H3,(H2,21,23,24). The lowest BCUT2D eigenvalue weighted by Crippen LogP contribution is -2.44. The molecule has 148 valence electrons. The van der Waals surface area contributed by atoms with E-state index in [1.165, 1.54) is 0 Å². The second-order valence-electron chi connectivity index (χ2n) is 6.78. The number of guanidine groups is 1. The summed E-state index contributed by atoms with van der Waals surface area (Å²) in [7, 11) is 1.66. The van der Waals surface area contributed by atoms with Gasteiger partial charge < -0.3 is 24.9 Å². The van der Waals surface area contributed by atoms with Gasteiger partial charge in [0.1, 0.15) is 22.9 Å². The molecule has 1 unspecified atom stereocenters. The van der Waals surface area contributed by atoms with Crippen LogP contribution in [0.5, 0.6) is 5.75 Å². The molecule has 0 saturated carbocycles. The fraction of sp³-hybridized carbons (Fsp3) is 0.500. The van der Waals surface area contributed by atoms with Gasteiger partial charge in [0.05, 0.1) is 25.9 Å². The van der Waals surface area contributed by atoms with Crippen molar-refractivity contribution in [3.8, 4) is 5.75 Å². The first-order valence-corrected chi connectivity index (χ1v) is 9.09. The maximum Gasteiger partial charge on any atom is 0.191 e. The third-order valence-corrected chi connectivity index (χ3v) is 4.35. The van der Waals surface area contributed by atoms with Gasteiger partial charge in [-0.3, -0.25) is 4.98 Å². The molecule has 0 radical (unpaired) electrons. The minimum absolute atomic E-state index is 0.259. The quantitative estimate of drug-likeness (QED) is 0.510. The summed E-state index contributed by atoms with van der Waals surface area (Å²) in [5.74, 6) is 2.72. The zero-order valence-corrected chi connectivity index (χ0v) is 17.0. The largest absolute Gasteiger partial charge is 0.496 e. The Balaban J connectivity index is 2.10. The first-order chi connectivity index (χ1) is 12.8. The molecule has 7 heteroatoms. The van der Waals surface area contributed by atoms with Crippen LogP contribution in [0.2, 0.25) is 0 Å². The van der Waals surface area contributed by atoms with E-state index in [9.17, 15) is 5.11 Å². The van der Waals surface area contributed by atoms with Crippen LogP contribution in [-0.4, -0.2) is 36.2 Å². The van der Waals surface area contributed by atoms with E-state index in [-0.39, 0.29) is 6.54 Å². The lowest BCUT2D eigenvalue weighted by Gasteiger charge is -2.23. The second kappa shape index (κ2) is 8.90. The monoisotopic (exact) mass is 374 g/mol. The molecule has 0 spiro atoms. The fourth-order valence-electron chi connectivity index (χ4n) is 2.79. The summed E-state index contributed by atoms with van der Waals surface area (Å²) in [4.78, 5) is 9.06. The maximum absolute atomic E-state index is 10.7. The van der Waals surface area contributed by atoms with Crippen molar-refractivity contribution < 1.29 is 14.3 Å². The number of nitrogens with zero attached hydrogens (tertiary/aromatic N) is 2. The van der Waals surface area contributed by atoms with Gasteiger partial charge in [-0.2, -0.15) is 0 Å². The van der Waals surface area contributed by atoms with Crippen molar-refractivity contribution in [1.29, 1.82) is 0 Å². The van der Waals surface area contributed by atoms with Crippen LogP contribution in [0.3, 0.4) is 0 Å². The van der Waals surface area contributed by atoms with Gasteiger partial charge in [0.2, 0.25) is 0 Å². The molecule has 0 bridgehead atoms. The molecule has 2 heterocycles. The van der Waals surface area contributed by atoms with Crippen molar-refractivity contribution in [2.45, 2.75) is 46.8 Å². The highest BCUT2D eigenvalue weighted by Gasteiger charge is 2.27. The highest BCUT2D eigenvalue weighted by molar-refractivity contribution is 5.79. The van der Waals surface area contributed by atoms with Crippen molar-refractivity contribution in [2.24, 2.45) is 4.99 Å². The summed E-state index contributed by atoms with van der Waals surface area (Å²) in [6.07, 6.45) is 1.79. The smallest absolute Gasteiger partial charge is 0.191 e. The zero-order chi connectivity index (χ0) is 20.0. The van der Waals surface area contributed by atoms with E-state index in [1.807, 2.05) is 33.8 Å². The van der Waals surface area contributed by atoms with Crippen molar-refractivity contribution in [2.75, 3.05) is 20.2 Å². The summed E-state index contributed by atoms with van der Waals surface area (Å²) < 4.78 is 11.0. The number of furan rings is 1. The van der Waals surface area contributed by atoms with Crippen LogP contribution in [0.1, 0.15) is 42.2 Å². The molecule has 1 atom stereocenters. The minimum atomic E-state index is -1.15. The molecule has 0 aromatic carbocycles. The first kappa shape index (κ1) is 20.8. The Kier molecular flexibility index (Phi) is 6.85. The van der Waals surface area contributed by atoms with Crippen LogP contribution in [0.15, 0.2) is 27.7 Å². The molecule has 7 nitrogen and oxygen atoms in total. The summed E-state index contributed by atoms with van der Waals surface area (Å²) in [6, 6.07) is 3.62. The third kappa shape index (κ3) is 5.23. The van der Waals surface area contributed by atoms with E-state index in [1.54, 1.807) is 26.3 Å². The molecule has 0 aliphatic carbocycles. The van der Waals surface area contributed by atoms with Gasteiger partial charge in [0.25, 0.3) is 0 Å². The Hall–Kier alpha value is -2.54. The molecule has 0 saturated heterocycles. The van der Waals surface area contributed by atoms with Crippen LogP contribution < -0.4 is 15.4 Å². The maximum atomic E-state index is 10.7. The lowest BCUT2D eigenvalue weighted by atomic mass is 10.0. The molecule has 2 rings (SSSR count). The number of hydrogen-bond acceptors (Lipinski definition) is 5. The second-order valence-corrected chi connectivity index (χ2v) is 6.78. The van der Waals surface area contributed by atoms with Crippen LogP contribution in [0, 0.1) is 20.8 Å². The summed E-state index contributed by atoms with van der Waals surface area (Å²) >= 11 is 0. The van der Waals surface area contributed by atoms with Gasteiger partial charge in [0.15, 0.2) is 5.96 Å². The Bertz CT molecular complexity index is 797. The van der Waals surface area contributed by atoms with Crippen LogP contribution >= 0.6 is 0 Å². The van der Waals surface area contributed by atoms with E-state index >= 15 is 0 Å². The molecule has 3 N–H and O–H groups in total. The molecule has 0 aliphatic heterocycles. The van der Waals surface area contributed by atoms with Gasteiger partial charge in [0, 0.05) is 23.9 Å². The number of ether oxygens (including phenoxy) is 1. The van der Waals surface area contributed by atoms with Crippen LogP contribution in [0.25, 0.3) is 0 Å². The van der Waals surface area contributed by atoms with Gasteiger partial charge >= 0.3 is 0 Å². The average molecular weight is 374 g/mol. The number of aryl methyl sites for hydroxylation is 2. The molecule has 2 aromatic heterocycles. The van der Waals surface area contributed by atoms with Gasteiger partial charge in [-0.15, -0.1) is 0 Å². The Morgan fingerprint density at radius 1 is 1.30 bits per heavy atom. The fourth-order valence-corrected chi connectivity index (χ4v) is 2.79. The van der Waals surface area contributed by atoms with Crippen molar-refractivity contribution in [3.05, 3.63) is 46.7 Å². The van der Waals surface area contributed by atoms with E-state index < -0.39 is 5.60 Å². The molecule has 0 fully saturated rings.